The summed E-state index contributed by atoms with van der Waals surface area (Å²) in [6.45, 7) is 3.33. The van der Waals surface area contributed by atoms with Crippen molar-refractivity contribution in [3.63, 3.8) is 0 Å². The van der Waals surface area contributed by atoms with Crippen LogP contribution in [0, 0.1) is 5.92 Å². The summed E-state index contributed by atoms with van der Waals surface area (Å²) < 4.78 is 6.63. The molecule has 0 amide bonds. The van der Waals surface area contributed by atoms with Crippen LogP contribution in [0.1, 0.15) is 12.0 Å². The van der Waals surface area contributed by atoms with Crippen LogP contribution in [0.2, 0.25) is 0 Å². The Hall–Kier alpha value is -0.420. The molecule has 4 heteroatoms. The fourth-order valence-corrected chi connectivity index (χ4v) is 3.01. The van der Waals surface area contributed by atoms with Gasteiger partial charge in [0.2, 0.25) is 0 Å². The van der Waals surface area contributed by atoms with Gasteiger partial charge in [-0.1, -0.05) is 34.1 Å². The summed E-state index contributed by atoms with van der Waals surface area (Å²) in [5, 5.41) is 0. The Morgan fingerprint density at radius 3 is 2.89 bits per heavy atom. The number of nitrogens with two attached hydrogens (primary N) is 1. The predicted molar refractivity (Wildman–Crippen MR) is 77.4 cm³/mol. The van der Waals surface area contributed by atoms with Crippen molar-refractivity contribution in [3.8, 4) is 0 Å². The van der Waals surface area contributed by atoms with Crippen molar-refractivity contribution in [3.05, 3.63) is 34.3 Å². The van der Waals surface area contributed by atoms with Gasteiger partial charge in [-0.15, -0.1) is 0 Å². The molecule has 1 aromatic rings. The molecule has 2 atom stereocenters. The van der Waals surface area contributed by atoms with Gasteiger partial charge in [0.25, 0.3) is 0 Å². The van der Waals surface area contributed by atoms with Gasteiger partial charge in [0.1, 0.15) is 0 Å². The van der Waals surface area contributed by atoms with E-state index in [-0.39, 0.29) is 0 Å². The Morgan fingerprint density at radius 1 is 1.50 bits per heavy atom. The summed E-state index contributed by atoms with van der Waals surface area (Å²) in [6.07, 6.45) is 1.13. The second-order valence-corrected chi connectivity index (χ2v) is 5.79. The van der Waals surface area contributed by atoms with E-state index >= 15 is 0 Å². The smallest absolute Gasteiger partial charge is 0.0510 e. The normalized spacial score (nSPS) is 21.4. The molecule has 0 bridgehead atoms. The predicted octanol–water partition coefficient (Wildman–Crippen LogP) is 2.24. The van der Waals surface area contributed by atoms with E-state index in [4.69, 9.17) is 10.5 Å². The molecular formula is C14H21BrN2O. The number of hydrogen-bond acceptors (Lipinski definition) is 3. The molecular weight excluding hydrogens is 292 g/mol. The molecule has 0 spiro atoms. The Labute approximate surface area is 117 Å². The SMILES string of the molecule is CN(Cc1ccccc1Br)C(CN)C1CCOC1. The lowest BCUT2D eigenvalue weighted by Gasteiger charge is -2.31. The highest BCUT2D eigenvalue weighted by Crippen LogP contribution is 2.23. The second kappa shape index (κ2) is 6.66. The third-order valence-electron chi connectivity index (χ3n) is 3.69. The standard InChI is InChI=1S/C14H21BrN2O/c1-17(9-11-4-2-3-5-13(11)15)14(8-16)12-6-7-18-10-12/h2-5,12,14H,6-10,16H2,1H3. The molecule has 1 aliphatic rings. The molecule has 1 aromatic carbocycles. The number of ether oxygens (including phenoxy) is 1. The molecule has 0 saturated carbocycles. The first-order chi connectivity index (χ1) is 8.72. The van der Waals surface area contributed by atoms with Gasteiger partial charge < -0.3 is 10.5 Å². The summed E-state index contributed by atoms with van der Waals surface area (Å²) in [7, 11) is 2.15. The molecule has 1 aliphatic heterocycles. The van der Waals surface area contributed by atoms with Crippen LogP contribution in [0.4, 0.5) is 0 Å². The third-order valence-corrected chi connectivity index (χ3v) is 4.47. The molecule has 1 heterocycles. The third kappa shape index (κ3) is 3.32. The molecule has 0 aliphatic carbocycles. The van der Waals surface area contributed by atoms with Gasteiger partial charge in [-0.05, 0) is 25.1 Å². The zero-order valence-corrected chi connectivity index (χ0v) is 12.4. The maximum Gasteiger partial charge on any atom is 0.0510 e. The van der Waals surface area contributed by atoms with Gasteiger partial charge in [-0.25, -0.2) is 0 Å². The summed E-state index contributed by atoms with van der Waals surface area (Å²) in [5.74, 6) is 0.572. The Morgan fingerprint density at radius 2 is 2.28 bits per heavy atom. The minimum Gasteiger partial charge on any atom is -0.381 e. The van der Waals surface area contributed by atoms with Crippen LogP contribution in [0.25, 0.3) is 0 Å². The maximum atomic E-state index is 5.94. The number of likely N-dealkylation sites (N-methyl/N-ethyl adjacent to an activating group) is 1. The molecule has 1 fully saturated rings. The molecule has 18 heavy (non-hydrogen) atoms. The van der Waals surface area contributed by atoms with Crippen LogP contribution in [0.15, 0.2) is 28.7 Å². The van der Waals surface area contributed by atoms with Gasteiger partial charge in [-0.3, -0.25) is 4.90 Å². The number of rotatable bonds is 5. The quantitative estimate of drug-likeness (QED) is 0.906. The van der Waals surface area contributed by atoms with Gasteiger partial charge >= 0.3 is 0 Å². The summed E-state index contributed by atoms with van der Waals surface area (Å²) in [6, 6.07) is 8.75. The lowest BCUT2D eigenvalue weighted by atomic mass is 9.97. The average molecular weight is 313 g/mol. The monoisotopic (exact) mass is 312 g/mol. The Balaban J connectivity index is 2.01. The minimum absolute atomic E-state index is 0.402. The van der Waals surface area contributed by atoms with Crippen LogP contribution in [-0.2, 0) is 11.3 Å². The van der Waals surface area contributed by atoms with Gasteiger partial charge in [-0.2, -0.15) is 0 Å². The van der Waals surface area contributed by atoms with Gasteiger partial charge in [0, 0.05) is 36.1 Å². The van der Waals surface area contributed by atoms with Crippen molar-refractivity contribution in [2.45, 2.75) is 19.0 Å². The van der Waals surface area contributed by atoms with Gasteiger partial charge in [0.05, 0.1) is 6.61 Å². The second-order valence-electron chi connectivity index (χ2n) is 4.93. The summed E-state index contributed by atoms with van der Waals surface area (Å²) in [4.78, 5) is 2.35. The van der Waals surface area contributed by atoms with Crippen molar-refractivity contribution in [1.29, 1.82) is 0 Å². The fourth-order valence-electron chi connectivity index (χ4n) is 2.60. The van der Waals surface area contributed by atoms with Gasteiger partial charge in [0.15, 0.2) is 0 Å². The lowest BCUT2D eigenvalue weighted by Crippen LogP contribution is -2.43. The van der Waals surface area contributed by atoms with Crippen molar-refractivity contribution in [2.75, 3.05) is 26.8 Å². The number of nitrogens with zero attached hydrogens (tertiary/aromatic N) is 1. The lowest BCUT2D eigenvalue weighted by molar-refractivity contribution is 0.136. The zero-order chi connectivity index (χ0) is 13.0. The summed E-state index contributed by atoms with van der Waals surface area (Å²) >= 11 is 3.60. The molecule has 0 radical (unpaired) electrons. The van der Waals surface area contributed by atoms with E-state index in [1.54, 1.807) is 0 Å². The Bertz CT molecular complexity index is 380. The molecule has 100 valence electrons. The molecule has 3 nitrogen and oxygen atoms in total. The van der Waals surface area contributed by atoms with E-state index in [2.05, 4.69) is 46.1 Å². The highest BCUT2D eigenvalue weighted by Gasteiger charge is 2.27. The van der Waals surface area contributed by atoms with Crippen molar-refractivity contribution < 1.29 is 4.74 Å². The zero-order valence-electron chi connectivity index (χ0n) is 10.8. The van der Waals surface area contributed by atoms with E-state index in [1.807, 2.05) is 6.07 Å². The van der Waals surface area contributed by atoms with Crippen LogP contribution in [-0.4, -0.2) is 37.7 Å². The topological polar surface area (TPSA) is 38.5 Å². The highest BCUT2D eigenvalue weighted by atomic mass is 79.9. The number of hydrogen-bond donors (Lipinski definition) is 1. The first-order valence-electron chi connectivity index (χ1n) is 6.44. The van der Waals surface area contributed by atoms with Crippen molar-refractivity contribution >= 4 is 15.9 Å². The van der Waals surface area contributed by atoms with Crippen LogP contribution >= 0.6 is 15.9 Å². The fraction of sp³-hybridized carbons (Fsp3) is 0.571. The van der Waals surface area contributed by atoms with E-state index in [1.165, 1.54) is 5.56 Å². The van der Waals surface area contributed by atoms with Crippen LogP contribution < -0.4 is 5.73 Å². The van der Waals surface area contributed by atoms with Crippen LogP contribution in [0.3, 0.4) is 0 Å². The molecule has 2 N–H and O–H groups in total. The number of benzene rings is 1. The average Bonchev–Trinajstić information content (AvgIpc) is 2.87. The van der Waals surface area contributed by atoms with E-state index in [0.717, 1.165) is 30.7 Å². The van der Waals surface area contributed by atoms with Crippen molar-refractivity contribution in [2.24, 2.45) is 11.7 Å². The molecule has 0 aromatic heterocycles. The highest BCUT2D eigenvalue weighted by molar-refractivity contribution is 9.10. The van der Waals surface area contributed by atoms with Crippen molar-refractivity contribution in [1.82, 2.24) is 4.90 Å². The minimum atomic E-state index is 0.402. The van der Waals surface area contributed by atoms with E-state index in [9.17, 15) is 0 Å². The molecule has 1 saturated heterocycles. The first kappa shape index (κ1) is 14.0. The first-order valence-corrected chi connectivity index (χ1v) is 7.23. The van der Waals surface area contributed by atoms with E-state index < -0.39 is 0 Å². The molecule has 2 rings (SSSR count). The largest absolute Gasteiger partial charge is 0.381 e. The number of halogens is 1. The maximum absolute atomic E-state index is 5.94. The molecule has 2 unspecified atom stereocenters. The summed E-state index contributed by atoms with van der Waals surface area (Å²) in [5.41, 5.74) is 7.24. The van der Waals surface area contributed by atoms with E-state index in [0.29, 0.717) is 18.5 Å². The Kier molecular flexibility index (Phi) is 5.18. The van der Waals surface area contributed by atoms with Crippen LogP contribution in [0.5, 0.6) is 0 Å².